The zero-order valence-electron chi connectivity index (χ0n) is 16.3. The van der Waals surface area contributed by atoms with Gasteiger partial charge in [-0.3, -0.25) is 4.98 Å². The van der Waals surface area contributed by atoms with E-state index in [-0.39, 0.29) is 0 Å². The Bertz CT molecular complexity index is 1130. The lowest BCUT2D eigenvalue weighted by Crippen LogP contribution is -2.04. The van der Waals surface area contributed by atoms with Crippen LogP contribution in [0.4, 0.5) is 0 Å². The zero-order chi connectivity index (χ0) is 20.2. The molecule has 0 N–H and O–H groups in total. The fourth-order valence-corrected chi connectivity index (χ4v) is 4.41. The number of hydrogen-bond acceptors (Lipinski definition) is 7. The third-order valence-electron chi connectivity index (χ3n) is 4.50. The van der Waals surface area contributed by atoms with Crippen LogP contribution in [0.2, 0.25) is 0 Å². The lowest BCUT2D eigenvalue weighted by Gasteiger charge is -2.09. The van der Waals surface area contributed by atoms with E-state index in [1.165, 1.54) is 0 Å². The number of hydrogen-bond donors (Lipinski definition) is 0. The summed E-state index contributed by atoms with van der Waals surface area (Å²) in [7, 11) is 0. The topological polar surface area (TPSA) is 78.1 Å². The number of thiazole rings is 1. The first-order valence-electron chi connectivity index (χ1n) is 9.54. The Morgan fingerprint density at radius 3 is 2.86 bits per heavy atom. The molecule has 4 rings (SSSR count). The molecule has 0 unspecified atom stereocenters. The Labute approximate surface area is 181 Å². The second-order valence-electron chi connectivity index (χ2n) is 6.49. The molecule has 0 fully saturated rings. The summed E-state index contributed by atoms with van der Waals surface area (Å²) >= 11 is 5.21. The van der Waals surface area contributed by atoms with E-state index in [9.17, 15) is 0 Å². The SMILES string of the molecule is CCCc1c(Cc2scnc2-c2ncccc2Br)ncn2nc(COCC)nc12. The summed E-state index contributed by atoms with van der Waals surface area (Å²) in [6, 6.07) is 3.88. The molecule has 0 radical (unpaired) electrons. The predicted molar refractivity (Wildman–Crippen MR) is 116 cm³/mol. The second kappa shape index (κ2) is 9.06. The quantitative estimate of drug-likeness (QED) is 0.376. The van der Waals surface area contributed by atoms with E-state index in [0.717, 1.165) is 50.5 Å². The smallest absolute Gasteiger partial charge is 0.177 e. The van der Waals surface area contributed by atoms with Crippen molar-refractivity contribution in [2.45, 2.75) is 39.7 Å². The van der Waals surface area contributed by atoms with Gasteiger partial charge in [0.1, 0.15) is 24.3 Å². The van der Waals surface area contributed by atoms with Crippen molar-refractivity contribution >= 4 is 32.9 Å². The molecule has 4 heterocycles. The molecule has 0 amide bonds. The van der Waals surface area contributed by atoms with E-state index in [4.69, 9.17) is 14.7 Å². The summed E-state index contributed by atoms with van der Waals surface area (Å²) in [4.78, 5) is 19.6. The van der Waals surface area contributed by atoms with Gasteiger partial charge >= 0.3 is 0 Å². The van der Waals surface area contributed by atoms with E-state index >= 15 is 0 Å². The maximum Gasteiger partial charge on any atom is 0.177 e. The summed E-state index contributed by atoms with van der Waals surface area (Å²) in [5.74, 6) is 0.680. The molecule has 9 heteroatoms. The van der Waals surface area contributed by atoms with E-state index in [1.807, 2.05) is 24.6 Å². The van der Waals surface area contributed by atoms with Crippen LogP contribution in [-0.4, -0.2) is 36.2 Å². The molecule has 4 aromatic heterocycles. The summed E-state index contributed by atoms with van der Waals surface area (Å²) in [6.07, 6.45) is 6.10. The molecule has 0 bridgehead atoms. The van der Waals surface area contributed by atoms with Gasteiger partial charge in [-0.25, -0.2) is 19.5 Å². The van der Waals surface area contributed by atoms with Gasteiger partial charge in [0.15, 0.2) is 11.5 Å². The van der Waals surface area contributed by atoms with Crippen LogP contribution in [0.1, 0.15) is 42.2 Å². The van der Waals surface area contributed by atoms with Crippen LogP contribution >= 0.6 is 27.3 Å². The first-order valence-corrected chi connectivity index (χ1v) is 11.2. The largest absolute Gasteiger partial charge is 0.374 e. The van der Waals surface area contributed by atoms with Crippen molar-refractivity contribution in [1.29, 1.82) is 0 Å². The van der Waals surface area contributed by atoms with Crippen molar-refractivity contribution in [1.82, 2.24) is 29.5 Å². The first-order chi connectivity index (χ1) is 14.2. The summed E-state index contributed by atoms with van der Waals surface area (Å²) < 4.78 is 8.15. The summed E-state index contributed by atoms with van der Waals surface area (Å²) in [6.45, 7) is 5.17. The van der Waals surface area contributed by atoms with Gasteiger partial charge in [-0.1, -0.05) is 13.3 Å². The number of halogens is 1. The van der Waals surface area contributed by atoms with Crippen LogP contribution in [0.15, 0.2) is 34.6 Å². The highest BCUT2D eigenvalue weighted by molar-refractivity contribution is 9.10. The van der Waals surface area contributed by atoms with Crippen LogP contribution in [0.3, 0.4) is 0 Å². The van der Waals surface area contributed by atoms with Gasteiger partial charge in [0.2, 0.25) is 0 Å². The molecule has 0 spiro atoms. The van der Waals surface area contributed by atoms with Crippen molar-refractivity contribution in [3.05, 3.63) is 56.6 Å². The number of pyridine rings is 1. The van der Waals surface area contributed by atoms with E-state index in [1.54, 1.807) is 28.4 Å². The highest BCUT2D eigenvalue weighted by Crippen LogP contribution is 2.31. The van der Waals surface area contributed by atoms with Crippen molar-refractivity contribution in [3.8, 4) is 11.4 Å². The standard InChI is InChI=1S/C20H21BrN6OS/c1-3-6-13-15(23-11-27-20(13)25-17(26-27)10-28-4-2)9-16-19(24-12-29-16)18-14(21)7-5-8-22-18/h5,7-8,11-12H,3-4,6,9-10H2,1-2H3. The van der Waals surface area contributed by atoms with Crippen LogP contribution in [-0.2, 0) is 24.2 Å². The van der Waals surface area contributed by atoms with Gasteiger partial charge in [-0.2, -0.15) is 0 Å². The Morgan fingerprint density at radius 1 is 1.17 bits per heavy atom. The lowest BCUT2D eigenvalue weighted by molar-refractivity contribution is 0.128. The molecule has 0 aliphatic rings. The zero-order valence-corrected chi connectivity index (χ0v) is 18.7. The van der Waals surface area contributed by atoms with Gasteiger partial charge in [-0.15, -0.1) is 16.4 Å². The molecule has 0 saturated carbocycles. The van der Waals surface area contributed by atoms with Gasteiger partial charge in [0, 0.05) is 34.1 Å². The normalized spacial score (nSPS) is 11.4. The third-order valence-corrected chi connectivity index (χ3v) is 5.98. The van der Waals surface area contributed by atoms with Crippen molar-refractivity contribution in [2.75, 3.05) is 6.61 Å². The molecular formula is C20H21BrN6OS. The Hall–Kier alpha value is -2.23. The molecule has 29 heavy (non-hydrogen) atoms. The Balaban J connectivity index is 1.72. The highest BCUT2D eigenvalue weighted by Gasteiger charge is 2.18. The van der Waals surface area contributed by atoms with Crippen LogP contribution in [0.5, 0.6) is 0 Å². The van der Waals surface area contributed by atoms with Crippen LogP contribution < -0.4 is 0 Å². The molecule has 4 aromatic rings. The van der Waals surface area contributed by atoms with Gasteiger partial charge < -0.3 is 4.74 Å². The number of rotatable bonds is 8. The first kappa shape index (κ1) is 20.1. The minimum absolute atomic E-state index is 0.409. The monoisotopic (exact) mass is 472 g/mol. The van der Waals surface area contributed by atoms with Crippen molar-refractivity contribution in [3.63, 3.8) is 0 Å². The Kier molecular flexibility index (Phi) is 6.27. The number of nitrogens with zero attached hydrogens (tertiary/aromatic N) is 6. The average Bonchev–Trinajstić information content (AvgIpc) is 3.35. The van der Waals surface area contributed by atoms with Gasteiger partial charge in [0.25, 0.3) is 0 Å². The molecule has 0 aromatic carbocycles. The molecule has 0 saturated heterocycles. The maximum atomic E-state index is 5.46. The van der Waals surface area contributed by atoms with Crippen molar-refractivity contribution < 1.29 is 4.74 Å². The van der Waals surface area contributed by atoms with Crippen LogP contribution in [0.25, 0.3) is 17.0 Å². The second-order valence-corrected chi connectivity index (χ2v) is 8.28. The molecule has 0 aliphatic carbocycles. The van der Waals surface area contributed by atoms with E-state index in [2.05, 4.69) is 37.9 Å². The third kappa shape index (κ3) is 4.22. The molecule has 0 atom stereocenters. The summed E-state index contributed by atoms with van der Waals surface area (Å²) in [5, 5.41) is 4.50. The number of fused-ring (bicyclic) bond motifs is 1. The fourth-order valence-electron chi connectivity index (χ4n) is 3.20. The number of aromatic nitrogens is 6. The number of aryl methyl sites for hydroxylation is 1. The number of ether oxygens (including phenoxy) is 1. The molecular weight excluding hydrogens is 452 g/mol. The van der Waals surface area contributed by atoms with Crippen molar-refractivity contribution in [2.24, 2.45) is 0 Å². The predicted octanol–water partition coefficient (Wildman–Crippen LogP) is 4.49. The lowest BCUT2D eigenvalue weighted by atomic mass is 10.1. The Morgan fingerprint density at radius 2 is 2.07 bits per heavy atom. The van der Waals surface area contributed by atoms with Gasteiger partial charge in [0.05, 0.1) is 11.2 Å². The molecule has 7 nitrogen and oxygen atoms in total. The van der Waals surface area contributed by atoms with Gasteiger partial charge in [-0.05, 0) is 41.4 Å². The fraction of sp³-hybridized carbons (Fsp3) is 0.350. The minimum atomic E-state index is 0.409. The summed E-state index contributed by atoms with van der Waals surface area (Å²) in [5.41, 5.74) is 6.60. The molecule has 150 valence electrons. The average molecular weight is 473 g/mol. The highest BCUT2D eigenvalue weighted by atomic mass is 79.9. The minimum Gasteiger partial charge on any atom is -0.374 e. The van der Waals surface area contributed by atoms with E-state index < -0.39 is 0 Å². The van der Waals surface area contributed by atoms with Crippen LogP contribution in [0, 0.1) is 0 Å². The maximum absolute atomic E-state index is 5.46. The van der Waals surface area contributed by atoms with E-state index in [0.29, 0.717) is 25.5 Å². The molecule has 0 aliphatic heterocycles.